The van der Waals surface area contributed by atoms with E-state index in [0.29, 0.717) is 36.4 Å². The Bertz CT molecular complexity index is 558. The van der Waals surface area contributed by atoms with Crippen LogP contribution in [0.1, 0.15) is 42.1 Å². The number of carboxylic acids is 1. The lowest BCUT2D eigenvalue weighted by Crippen LogP contribution is -2.52. The molecule has 1 aliphatic heterocycles. The second-order valence-electron chi connectivity index (χ2n) is 5.21. The highest BCUT2D eigenvalue weighted by Gasteiger charge is 2.48. The number of carbonyl (C=O) groups excluding carboxylic acids is 1. The van der Waals surface area contributed by atoms with Gasteiger partial charge in [0.05, 0.1) is 0 Å². The molecule has 1 aliphatic rings. The van der Waals surface area contributed by atoms with Crippen molar-refractivity contribution >= 4 is 23.5 Å². The van der Waals surface area contributed by atoms with Gasteiger partial charge >= 0.3 is 5.97 Å². The number of hydrogen-bond donors (Lipinski definition) is 1. The summed E-state index contributed by atoms with van der Waals surface area (Å²) in [6.07, 6.45) is 1.63. The minimum atomic E-state index is -1.08. The highest BCUT2D eigenvalue weighted by molar-refractivity contribution is 6.31. The summed E-state index contributed by atoms with van der Waals surface area (Å²) in [6.45, 7) is 4.11. The Morgan fingerprint density at radius 3 is 2.75 bits per heavy atom. The van der Waals surface area contributed by atoms with Gasteiger partial charge in [-0.1, -0.05) is 24.6 Å². The number of carboxylic acid groups (broad SMARTS) is 1. The van der Waals surface area contributed by atoms with Gasteiger partial charge < -0.3 is 10.0 Å². The number of likely N-dealkylation sites (tertiary alicyclic amines) is 1. The number of hydrogen-bond acceptors (Lipinski definition) is 2. The topological polar surface area (TPSA) is 57.6 Å². The molecule has 1 saturated heterocycles. The van der Waals surface area contributed by atoms with Gasteiger partial charge in [0.1, 0.15) is 5.54 Å². The average molecular weight is 296 g/mol. The Hall–Kier alpha value is -1.55. The molecule has 1 fully saturated rings. The van der Waals surface area contributed by atoms with Crippen molar-refractivity contribution in [1.29, 1.82) is 0 Å². The number of aliphatic carboxylic acids is 1. The monoisotopic (exact) mass is 295 g/mol. The minimum absolute atomic E-state index is 0.244. The summed E-state index contributed by atoms with van der Waals surface area (Å²) in [5.74, 6) is -1.17. The van der Waals surface area contributed by atoms with E-state index in [1.54, 1.807) is 18.2 Å². The van der Waals surface area contributed by atoms with Crippen LogP contribution in [0.3, 0.4) is 0 Å². The molecule has 1 amide bonds. The van der Waals surface area contributed by atoms with E-state index in [1.165, 1.54) is 4.90 Å². The predicted molar refractivity (Wildman–Crippen MR) is 77.1 cm³/mol. The zero-order valence-corrected chi connectivity index (χ0v) is 12.4. The van der Waals surface area contributed by atoms with Crippen molar-refractivity contribution in [1.82, 2.24) is 4.90 Å². The summed E-state index contributed by atoms with van der Waals surface area (Å²) in [7, 11) is 0. The van der Waals surface area contributed by atoms with Crippen LogP contribution in [-0.4, -0.2) is 34.0 Å². The maximum atomic E-state index is 12.7. The van der Waals surface area contributed by atoms with Crippen molar-refractivity contribution in [2.24, 2.45) is 0 Å². The highest BCUT2D eigenvalue weighted by Crippen LogP contribution is 2.34. The summed E-state index contributed by atoms with van der Waals surface area (Å²) >= 11 is 5.95. The van der Waals surface area contributed by atoms with Gasteiger partial charge in [-0.2, -0.15) is 0 Å². The smallest absolute Gasteiger partial charge is 0.329 e. The van der Waals surface area contributed by atoms with Gasteiger partial charge in [0, 0.05) is 17.1 Å². The van der Waals surface area contributed by atoms with Gasteiger partial charge in [-0.25, -0.2) is 4.79 Å². The van der Waals surface area contributed by atoms with E-state index in [1.807, 2.05) is 13.8 Å². The summed E-state index contributed by atoms with van der Waals surface area (Å²) in [5.41, 5.74) is 0.214. The summed E-state index contributed by atoms with van der Waals surface area (Å²) in [6, 6.07) is 5.11. The van der Waals surface area contributed by atoms with E-state index in [9.17, 15) is 14.7 Å². The van der Waals surface area contributed by atoms with E-state index in [4.69, 9.17) is 11.6 Å². The van der Waals surface area contributed by atoms with Gasteiger partial charge in [0.25, 0.3) is 5.91 Å². The zero-order chi connectivity index (χ0) is 14.9. The lowest BCUT2D eigenvalue weighted by atomic mass is 9.92. The summed E-state index contributed by atoms with van der Waals surface area (Å²) in [4.78, 5) is 25.8. The molecular formula is C15H18ClNO3. The van der Waals surface area contributed by atoms with Crippen LogP contribution in [-0.2, 0) is 4.79 Å². The number of carbonyl (C=O) groups is 2. The number of aryl methyl sites for hydroxylation is 1. The lowest BCUT2D eigenvalue weighted by Gasteiger charge is -2.34. The molecule has 0 bridgehead atoms. The first-order chi connectivity index (χ1) is 9.42. The van der Waals surface area contributed by atoms with Crippen molar-refractivity contribution < 1.29 is 14.7 Å². The second kappa shape index (κ2) is 5.44. The molecule has 1 N–H and O–H groups in total. The summed E-state index contributed by atoms with van der Waals surface area (Å²) < 4.78 is 0. The van der Waals surface area contributed by atoms with Crippen LogP contribution in [0.25, 0.3) is 0 Å². The lowest BCUT2D eigenvalue weighted by molar-refractivity contribution is -0.148. The Kier molecular flexibility index (Phi) is 4.04. The first-order valence-electron chi connectivity index (χ1n) is 6.74. The molecule has 0 aliphatic carbocycles. The molecule has 1 atom stereocenters. The molecule has 0 radical (unpaired) electrons. The van der Waals surface area contributed by atoms with E-state index in [-0.39, 0.29) is 5.91 Å². The normalized spacial score (nSPS) is 22.1. The minimum Gasteiger partial charge on any atom is -0.479 e. The highest BCUT2D eigenvalue weighted by atomic mass is 35.5. The van der Waals surface area contributed by atoms with Crippen LogP contribution >= 0.6 is 11.6 Å². The van der Waals surface area contributed by atoms with Crippen LogP contribution in [0.2, 0.25) is 5.02 Å². The second-order valence-corrected chi connectivity index (χ2v) is 5.65. The maximum absolute atomic E-state index is 12.7. The molecule has 1 aromatic carbocycles. The number of rotatable bonds is 3. The SMILES string of the molecule is CCC1(C(=O)O)CCCN1C(=O)c1cc(Cl)ccc1C. The van der Waals surface area contributed by atoms with Crippen molar-refractivity contribution in [3.8, 4) is 0 Å². The fraction of sp³-hybridized carbons (Fsp3) is 0.467. The van der Waals surface area contributed by atoms with Gasteiger partial charge in [-0.3, -0.25) is 4.79 Å². The zero-order valence-electron chi connectivity index (χ0n) is 11.6. The fourth-order valence-corrected chi connectivity index (χ4v) is 3.06. The average Bonchev–Trinajstić information content (AvgIpc) is 2.85. The van der Waals surface area contributed by atoms with Gasteiger partial charge in [-0.05, 0) is 43.9 Å². The predicted octanol–water partition coefficient (Wildman–Crippen LogP) is 3.12. The molecule has 5 heteroatoms. The number of halogens is 1. The molecule has 1 heterocycles. The first kappa shape index (κ1) is 14.9. The quantitative estimate of drug-likeness (QED) is 0.932. The Balaban J connectivity index is 2.42. The Morgan fingerprint density at radius 1 is 1.45 bits per heavy atom. The van der Waals surface area contributed by atoms with Crippen LogP contribution < -0.4 is 0 Å². The van der Waals surface area contributed by atoms with E-state index >= 15 is 0 Å². The molecule has 108 valence electrons. The van der Waals surface area contributed by atoms with Crippen molar-refractivity contribution in [2.75, 3.05) is 6.54 Å². The molecule has 0 aromatic heterocycles. The van der Waals surface area contributed by atoms with Crippen LogP contribution in [0.4, 0.5) is 0 Å². The van der Waals surface area contributed by atoms with Crippen molar-refractivity contribution in [3.63, 3.8) is 0 Å². The third-order valence-electron chi connectivity index (χ3n) is 4.15. The number of nitrogens with zero attached hydrogens (tertiary/aromatic N) is 1. The first-order valence-corrected chi connectivity index (χ1v) is 7.11. The standard InChI is InChI=1S/C15H18ClNO3/c1-3-15(14(19)20)7-4-8-17(15)13(18)12-9-11(16)6-5-10(12)2/h5-6,9H,3-4,7-8H2,1-2H3,(H,19,20). The fourth-order valence-electron chi connectivity index (χ4n) is 2.89. The maximum Gasteiger partial charge on any atom is 0.329 e. The van der Waals surface area contributed by atoms with Crippen LogP contribution in [0.15, 0.2) is 18.2 Å². The van der Waals surface area contributed by atoms with E-state index in [0.717, 1.165) is 5.56 Å². The van der Waals surface area contributed by atoms with Gasteiger partial charge in [0.2, 0.25) is 0 Å². The van der Waals surface area contributed by atoms with Gasteiger partial charge in [-0.15, -0.1) is 0 Å². The largest absolute Gasteiger partial charge is 0.479 e. The van der Waals surface area contributed by atoms with Crippen molar-refractivity contribution in [2.45, 2.75) is 38.6 Å². The van der Waals surface area contributed by atoms with E-state index in [2.05, 4.69) is 0 Å². The molecular weight excluding hydrogens is 278 g/mol. The Morgan fingerprint density at radius 2 is 2.15 bits per heavy atom. The Labute approximate surface area is 123 Å². The van der Waals surface area contributed by atoms with Crippen LogP contribution in [0, 0.1) is 6.92 Å². The molecule has 1 aromatic rings. The van der Waals surface area contributed by atoms with Gasteiger partial charge in [0.15, 0.2) is 0 Å². The van der Waals surface area contributed by atoms with Crippen molar-refractivity contribution in [3.05, 3.63) is 34.3 Å². The number of amides is 1. The van der Waals surface area contributed by atoms with Crippen LogP contribution in [0.5, 0.6) is 0 Å². The molecule has 4 nitrogen and oxygen atoms in total. The summed E-state index contributed by atoms with van der Waals surface area (Å²) in [5, 5.41) is 10.0. The molecule has 20 heavy (non-hydrogen) atoms. The molecule has 1 unspecified atom stereocenters. The molecule has 2 rings (SSSR count). The van der Waals surface area contributed by atoms with E-state index < -0.39 is 11.5 Å². The number of benzene rings is 1. The third kappa shape index (κ3) is 2.29. The molecule has 0 spiro atoms. The third-order valence-corrected chi connectivity index (χ3v) is 4.38. The molecule has 0 saturated carbocycles.